The summed E-state index contributed by atoms with van der Waals surface area (Å²) in [4.78, 5) is 23.7. The molecule has 0 bridgehead atoms. The van der Waals surface area contributed by atoms with E-state index < -0.39 is 11.4 Å². The molecular formula is C15H19NO3. The molecule has 0 atom stereocenters. The van der Waals surface area contributed by atoms with Gasteiger partial charge in [0, 0.05) is 5.69 Å². The molecule has 1 aliphatic carbocycles. The molecule has 1 aromatic rings. The maximum absolute atomic E-state index is 12.1. The van der Waals surface area contributed by atoms with E-state index in [4.69, 9.17) is 0 Å². The van der Waals surface area contributed by atoms with Crippen LogP contribution in [0.15, 0.2) is 24.3 Å². The van der Waals surface area contributed by atoms with Crippen LogP contribution in [0.4, 0.5) is 5.69 Å². The lowest BCUT2D eigenvalue weighted by molar-refractivity contribution is -0.150. The van der Waals surface area contributed by atoms with Gasteiger partial charge >= 0.3 is 5.97 Å². The second-order valence-corrected chi connectivity index (χ2v) is 4.97. The van der Waals surface area contributed by atoms with Gasteiger partial charge in [-0.3, -0.25) is 9.59 Å². The normalized spacial score (nSPS) is 15.7. The summed E-state index contributed by atoms with van der Waals surface area (Å²) in [7, 11) is 1.31. The van der Waals surface area contributed by atoms with Gasteiger partial charge in [0.05, 0.1) is 7.11 Å². The molecule has 0 aromatic heterocycles. The van der Waals surface area contributed by atoms with Crippen molar-refractivity contribution in [3.8, 4) is 0 Å². The standard InChI is InChI=1S/C15H19NO3/c1-3-4-11-5-7-12(8-6-11)16-13(17)15(9-10-15)14(18)19-2/h5-8H,3-4,9-10H2,1-2H3,(H,16,17). The van der Waals surface area contributed by atoms with E-state index in [-0.39, 0.29) is 5.91 Å². The third-order valence-electron chi connectivity index (χ3n) is 3.51. The number of anilines is 1. The van der Waals surface area contributed by atoms with E-state index in [9.17, 15) is 9.59 Å². The molecule has 1 saturated carbocycles. The zero-order valence-electron chi connectivity index (χ0n) is 11.4. The minimum absolute atomic E-state index is 0.261. The average molecular weight is 261 g/mol. The van der Waals surface area contributed by atoms with Crippen LogP contribution in [0.2, 0.25) is 0 Å². The fourth-order valence-corrected chi connectivity index (χ4v) is 2.14. The van der Waals surface area contributed by atoms with Gasteiger partial charge in [-0.25, -0.2) is 0 Å². The number of nitrogens with one attached hydrogen (secondary N) is 1. The van der Waals surface area contributed by atoms with Crippen molar-refractivity contribution in [2.75, 3.05) is 12.4 Å². The lowest BCUT2D eigenvalue weighted by Gasteiger charge is -2.13. The Morgan fingerprint density at radius 2 is 1.89 bits per heavy atom. The lowest BCUT2D eigenvalue weighted by Crippen LogP contribution is -2.32. The summed E-state index contributed by atoms with van der Waals surface area (Å²) >= 11 is 0. The second-order valence-electron chi connectivity index (χ2n) is 4.97. The quantitative estimate of drug-likeness (QED) is 0.654. The first kappa shape index (κ1) is 13.6. The van der Waals surface area contributed by atoms with Crippen molar-refractivity contribution in [3.63, 3.8) is 0 Å². The molecule has 0 radical (unpaired) electrons. The Labute approximate surface area is 113 Å². The number of aryl methyl sites for hydroxylation is 1. The Bertz CT molecular complexity index is 475. The molecule has 1 fully saturated rings. The predicted octanol–water partition coefficient (Wildman–Crippen LogP) is 2.53. The second kappa shape index (κ2) is 5.43. The number of carbonyl (C=O) groups excluding carboxylic acids is 2. The van der Waals surface area contributed by atoms with Gasteiger partial charge < -0.3 is 10.1 Å². The summed E-state index contributed by atoms with van der Waals surface area (Å²) in [5.74, 6) is -0.699. The van der Waals surface area contributed by atoms with Crippen LogP contribution in [0.1, 0.15) is 31.7 Å². The number of amides is 1. The van der Waals surface area contributed by atoms with Crippen molar-refractivity contribution < 1.29 is 14.3 Å². The molecule has 1 aliphatic rings. The molecule has 2 rings (SSSR count). The van der Waals surface area contributed by atoms with Crippen molar-refractivity contribution in [1.29, 1.82) is 0 Å². The highest BCUT2D eigenvalue weighted by molar-refractivity contribution is 6.11. The van der Waals surface area contributed by atoms with Gasteiger partial charge in [-0.1, -0.05) is 25.5 Å². The highest BCUT2D eigenvalue weighted by atomic mass is 16.5. The minimum Gasteiger partial charge on any atom is -0.468 e. The first-order chi connectivity index (χ1) is 9.12. The Morgan fingerprint density at radius 1 is 1.26 bits per heavy atom. The maximum Gasteiger partial charge on any atom is 0.321 e. The fourth-order valence-electron chi connectivity index (χ4n) is 2.14. The molecule has 0 heterocycles. The highest BCUT2D eigenvalue weighted by Crippen LogP contribution is 2.47. The van der Waals surface area contributed by atoms with Crippen molar-refractivity contribution in [2.24, 2.45) is 5.41 Å². The number of methoxy groups -OCH3 is 1. The molecule has 1 N–H and O–H groups in total. The van der Waals surface area contributed by atoms with Crippen molar-refractivity contribution in [3.05, 3.63) is 29.8 Å². The summed E-state index contributed by atoms with van der Waals surface area (Å²) in [5, 5.41) is 2.79. The number of hydrogen-bond donors (Lipinski definition) is 1. The minimum atomic E-state index is -0.948. The topological polar surface area (TPSA) is 55.4 Å². The van der Waals surface area contributed by atoms with Crippen molar-refractivity contribution in [1.82, 2.24) is 0 Å². The van der Waals surface area contributed by atoms with Gasteiger partial charge in [0.15, 0.2) is 0 Å². The largest absolute Gasteiger partial charge is 0.468 e. The fraction of sp³-hybridized carbons (Fsp3) is 0.467. The summed E-state index contributed by atoms with van der Waals surface area (Å²) in [6.07, 6.45) is 3.26. The van der Waals surface area contributed by atoms with E-state index in [0.29, 0.717) is 12.8 Å². The van der Waals surface area contributed by atoms with E-state index in [1.54, 1.807) is 0 Å². The molecule has 1 aromatic carbocycles. The summed E-state index contributed by atoms with van der Waals surface area (Å²) in [6.45, 7) is 2.13. The van der Waals surface area contributed by atoms with E-state index in [1.807, 2.05) is 24.3 Å². The van der Waals surface area contributed by atoms with Crippen LogP contribution in [0.5, 0.6) is 0 Å². The van der Waals surface area contributed by atoms with E-state index in [1.165, 1.54) is 12.7 Å². The molecule has 4 heteroatoms. The van der Waals surface area contributed by atoms with Crippen LogP contribution in [0.25, 0.3) is 0 Å². The molecule has 4 nitrogen and oxygen atoms in total. The molecular weight excluding hydrogens is 242 g/mol. The predicted molar refractivity (Wildman–Crippen MR) is 72.7 cm³/mol. The van der Waals surface area contributed by atoms with Crippen LogP contribution in [-0.4, -0.2) is 19.0 Å². The molecule has 0 aliphatic heterocycles. The zero-order chi connectivity index (χ0) is 13.9. The monoisotopic (exact) mass is 261 g/mol. The Balaban J connectivity index is 2.01. The molecule has 0 unspecified atom stereocenters. The van der Waals surface area contributed by atoms with Crippen molar-refractivity contribution >= 4 is 17.6 Å². The number of esters is 1. The highest BCUT2D eigenvalue weighted by Gasteiger charge is 2.57. The van der Waals surface area contributed by atoms with Gasteiger partial charge in [0.2, 0.25) is 5.91 Å². The van der Waals surface area contributed by atoms with Crippen LogP contribution < -0.4 is 5.32 Å². The Morgan fingerprint density at radius 3 is 2.37 bits per heavy atom. The van der Waals surface area contributed by atoms with Gasteiger partial charge in [-0.15, -0.1) is 0 Å². The smallest absolute Gasteiger partial charge is 0.321 e. The third kappa shape index (κ3) is 2.78. The summed E-state index contributed by atoms with van der Waals surface area (Å²) in [6, 6.07) is 7.74. The molecule has 19 heavy (non-hydrogen) atoms. The lowest BCUT2D eigenvalue weighted by atomic mass is 10.1. The average Bonchev–Trinajstić information content (AvgIpc) is 3.22. The molecule has 1 amide bonds. The van der Waals surface area contributed by atoms with E-state index in [0.717, 1.165) is 18.5 Å². The molecule has 0 spiro atoms. The van der Waals surface area contributed by atoms with Gasteiger partial charge in [0.25, 0.3) is 0 Å². The summed E-state index contributed by atoms with van der Waals surface area (Å²) in [5.41, 5.74) is 1.02. The first-order valence-electron chi connectivity index (χ1n) is 6.61. The van der Waals surface area contributed by atoms with Crippen LogP contribution in [0, 0.1) is 5.41 Å². The number of rotatable bonds is 5. The Hall–Kier alpha value is -1.84. The van der Waals surface area contributed by atoms with Crippen LogP contribution >= 0.6 is 0 Å². The molecule has 0 saturated heterocycles. The molecule has 102 valence electrons. The number of benzene rings is 1. The Kier molecular flexibility index (Phi) is 3.88. The SMILES string of the molecule is CCCc1ccc(NC(=O)C2(C(=O)OC)CC2)cc1. The van der Waals surface area contributed by atoms with Gasteiger partial charge in [-0.2, -0.15) is 0 Å². The van der Waals surface area contributed by atoms with E-state index >= 15 is 0 Å². The zero-order valence-corrected chi connectivity index (χ0v) is 11.4. The third-order valence-corrected chi connectivity index (χ3v) is 3.51. The number of carbonyl (C=O) groups is 2. The van der Waals surface area contributed by atoms with E-state index in [2.05, 4.69) is 17.0 Å². The van der Waals surface area contributed by atoms with Crippen LogP contribution in [-0.2, 0) is 20.7 Å². The number of ether oxygens (including phenoxy) is 1. The van der Waals surface area contributed by atoms with Crippen molar-refractivity contribution in [2.45, 2.75) is 32.6 Å². The first-order valence-corrected chi connectivity index (χ1v) is 6.61. The maximum atomic E-state index is 12.1. The van der Waals surface area contributed by atoms with Gasteiger partial charge in [0.1, 0.15) is 5.41 Å². The number of hydrogen-bond acceptors (Lipinski definition) is 3. The van der Waals surface area contributed by atoms with Gasteiger partial charge in [-0.05, 0) is 37.0 Å². The van der Waals surface area contributed by atoms with Crippen LogP contribution in [0.3, 0.4) is 0 Å². The summed E-state index contributed by atoms with van der Waals surface area (Å²) < 4.78 is 4.69.